The van der Waals surface area contributed by atoms with Gasteiger partial charge in [0.25, 0.3) is 0 Å². The number of aromatic carboxylic acids is 1. The van der Waals surface area contributed by atoms with E-state index in [9.17, 15) is 14.7 Å². The first kappa shape index (κ1) is 18.9. The number of carboxylic acid groups (broad SMARTS) is 1. The van der Waals surface area contributed by atoms with Gasteiger partial charge in [-0.25, -0.2) is 9.18 Å². The minimum absolute atomic E-state index is 0.0621. The summed E-state index contributed by atoms with van der Waals surface area (Å²) in [6.07, 6.45) is 3.91. The zero-order chi connectivity index (χ0) is 20.0. The molecule has 1 aromatic carbocycles. The third-order valence-electron chi connectivity index (χ3n) is 6.14. The Bertz CT molecular complexity index is 1000. The van der Waals surface area contributed by atoms with Crippen molar-refractivity contribution in [1.29, 1.82) is 0 Å². The molecule has 2 unspecified atom stereocenters. The fourth-order valence-electron chi connectivity index (χ4n) is 4.68. The summed E-state index contributed by atoms with van der Waals surface area (Å²) in [5.74, 6) is -1.22. The highest BCUT2D eigenvalue weighted by molar-refractivity contribution is 5.95. The van der Waals surface area contributed by atoms with Crippen LogP contribution in [0.3, 0.4) is 0 Å². The molecule has 0 saturated carbocycles. The predicted molar refractivity (Wildman–Crippen MR) is 107 cm³/mol. The Morgan fingerprint density at radius 2 is 2.18 bits per heavy atom. The van der Waals surface area contributed by atoms with Gasteiger partial charge in [-0.05, 0) is 51.3 Å². The smallest absolute Gasteiger partial charge is 0.341 e. The van der Waals surface area contributed by atoms with Crippen LogP contribution in [0, 0.1) is 11.7 Å². The van der Waals surface area contributed by atoms with Crippen LogP contribution in [0.1, 0.15) is 48.7 Å². The van der Waals surface area contributed by atoms with E-state index < -0.39 is 17.2 Å². The largest absolute Gasteiger partial charge is 0.477 e. The van der Waals surface area contributed by atoms with Crippen LogP contribution in [0.5, 0.6) is 0 Å². The second-order valence-corrected chi connectivity index (χ2v) is 7.96. The molecule has 2 aromatic rings. The first-order valence-electron chi connectivity index (χ1n) is 10.0. The molecule has 0 radical (unpaired) electrons. The fourth-order valence-corrected chi connectivity index (χ4v) is 4.68. The molecule has 2 N–H and O–H groups in total. The normalized spacial score (nSPS) is 21.5. The maximum atomic E-state index is 15.2. The zero-order valence-electron chi connectivity index (χ0n) is 16.3. The van der Waals surface area contributed by atoms with Gasteiger partial charge in [-0.2, -0.15) is 0 Å². The summed E-state index contributed by atoms with van der Waals surface area (Å²) in [5, 5.41) is 12.9. The molecule has 6 nitrogen and oxygen atoms in total. The van der Waals surface area contributed by atoms with Crippen molar-refractivity contribution in [2.45, 2.75) is 39.2 Å². The molecule has 0 amide bonds. The summed E-state index contributed by atoms with van der Waals surface area (Å²) in [7, 11) is 0. The van der Waals surface area contributed by atoms with E-state index in [-0.39, 0.29) is 17.0 Å². The minimum atomic E-state index is -1.27. The van der Waals surface area contributed by atoms with Gasteiger partial charge in [-0.15, -0.1) is 0 Å². The Morgan fingerprint density at radius 1 is 1.39 bits per heavy atom. The standard InChI is InChI=1S/C21H26FN3O3/c1-3-23-9-13-6-7-24(10-13)19-14-5-4-12(2)25-11-16(21(27)28)20(26)15(18(14)25)8-17(19)22/h8,11-13,23H,3-7,9-10H2,1-2H3,(H,27,28). The summed E-state index contributed by atoms with van der Waals surface area (Å²) in [4.78, 5) is 26.3. The number of anilines is 1. The molecule has 3 heterocycles. The van der Waals surface area contributed by atoms with Gasteiger partial charge in [-0.3, -0.25) is 4.79 Å². The molecule has 2 atom stereocenters. The molecular formula is C21H26FN3O3. The molecule has 0 spiro atoms. The van der Waals surface area contributed by atoms with Crippen molar-refractivity contribution in [2.75, 3.05) is 31.1 Å². The van der Waals surface area contributed by atoms with Crippen LogP contribution in [0.25, 0.3) is 10.9 Å². The van der Waals surface area contributed by atoms with Gasteiger partial charge >= 0.3 is 5.97 Å². The van der Waals surface area contributed by atoms with Crippen LogP contribution >= 0.6 is 0 Å². The van der Waals surface area contributed by atoms with Crippen LogP contribution in [0.15, 0.2) is 17.1 Å². The van der Waals surface area contributed by atoms with Gasteiger partial charge in [0.15, 0.2) is 0 Å². The number of benzene rings is 1. The number of nitrogens with one attached hydrogen (secondary N) is 1. The molecule has 0 aliphatic carbocycles. The van der Waals surface area contributed by atoms with Gasteiger partial charge < -0.3 is 19.9 Å². The summed E-state index contributed by atoms with van der Waals surface area (Å²) < 4.78 is 17.1. The number of nitrogens with zero attached hydrogens (tertiary/aromatic N) is 2. The van der Waals surface area contributed by atoms with E-state index in [0.29, 0.717) is 23.5 Å². The molecular weight excluding hydrogens is 361 g/mol. The topological polar surface area (TPSA) is 74.6 Å². The van der Waals surface area contributed by atoms with Crippen molar-refractivity contribution in [3.63, 3.8) is 0 Å². The molecule has 1 saturated heterocycles. The minimum Gasteiger partial charge on any atom is -0.477 e. The lowest BCUT2D eigenvalue weighted by atomic mass is 9.93. The highest BCUT2D eigenvalue weighted by Gasteiger charge is 2.31. The first-order valence-corrected chi connectivity index (χ1v) is 10.0. The lowest BCUT2D eigenvalue weighted by molar-refractivity contribution is 0.0694. The highest BCUT2D eigenvalue weighted by Crippen LogP contribution is 2.39. The molecule has 7 heteroatoms. The Morgan fingerprint density at radius 3 is 2.89 bits per heavy atom. The number of aromatic nitrogens is 1. The highest BCUT2D eigenvalue weighted by atomic mass is 19.1. The lowest BCUT2D eigenvalue weighted by Crippen LogP contribution is -2.29. The second-order valence-electron chi connectivity index (χ2n) is 7.96. The van der Waals surface area contributed by atoms with E-state index in [1.54, 1.807) is 0 Å². The first-order chi connectivity index (χ1) is 13.4. The van der Waals surface area contributed by atoms with E-state index in [2.05, 4.69) is 17.1 Å². The molecule has 1 fully saturated rings. The van der Waals surface area contributed by atoms with Gasteiger partial charge in [0.05, 0.1) is 11.2 Å². The number of pyridine rings is 1. The maximum Gasteiger partial charge on any atom is 0.341 e. The van der Waals surface area contributed by atoms with Gasteiger partial charge in [-0.1, -0.05) is 6.92 Å². The number of hydrogen-bond acceptors (Lipinski definition) is 4. The van der Waals surface area contributed by atoms with Crippen LogP contribution in [0.2, 0.25) is 0 Å². The molecule has 28 heavy (non-hydrogen) atoms. The van der Waals surface area contributed by atoms with E-state index in [1.165, 1.54) is 12.3 Å². The fraction of sp³-hybridized carbons (Fsp3) is 0.524. The predicted octanol–water partition coefficient (Wildman–Crippen LogP) is 2.78. The van der Waals surface area contributed by atoms with E-state index >= 15 is 4.39 Å². The number of aryl methyl sites for hydroxylation is 1. The number of carboxylic acids is 1. The summed E-state index contributed by atoms with van der Waals surface area (Å²) in [6.45, 7) is 7.49. The molecule has 2 aliphatic heterocycles. The van der Waals surface area contributed by atoms with Gasteiger partial charge in [0.1, 0.15) is 11.4 Å². The lowest BCUT2D eigenvalue weighted by Gasteiger charge is -2.31. The summed E-state index contributed by atoms with van der Waals surface area (Å²) in [5.41, 5.74) is 1.22. The van der Waals surface area contributed by atoms with Crippen LogP contribution in [-0.4, -0.2) is 41.8 Å². The van der Waals surface area contributed by atoms with E-state index in [4.69, 9.17) is 0 Å². The zero-order valence-corrected chi connectivity index (χ0v) is 16.3. The van der Waals surface area contributed by atoms with Crippen LogP contribution in [0.4, 0.5) is 10.1 Å². The van der Waals surface area contributed by atoms with Crippen molar-refractivity contribution in [2.24, 2.45) is 5.92 Å². The van der Waals surface area contributed by atoms with Crippen molar-refractivity contribution < 1.29 is 14.3 Å². The Hall–Kier alpha value is -2.41. The third kappa shape index (κ3) is 2.98. The number of carbonyl (C=O) groups is 1. The quantitative estimate of drug-likeness (QED) is 0.825. The maximum absolute atomic E-state index is 15.2. The SMILES string of the molecule is CCNCC1CCN(c2c(F)cc3c(=O)c(C(=O)O)cn4c3c2CCC4C)C1. The molecule has 0 bridgehead atoms. The van der Waals surface area contributed by atoms with E-state index in [1.807, 2.05) is 11.5 Å². The van der Waals surface area contributed by atoms with Gasteiger partial charge in [0.2, 0.25) is 5.43 Å². The van der Waals surface area contributed by atoms with Crippen molar-refractivity contribution in [1.82, 2.24) is 9.88 Å². The average molecular weight is 387 g/mol. The summed E-state index contributed by atoms with van der Waals surface area (Å²) >= 11 is 0. The molecule has 150 valence electrons. The Kier molecular flexibility index (Phi) is 4.87. The van der Waals surface area contributed by atoms with Gasteiger partial charge in [0, 0.05) is 36.3 Å². The van der Waals surface area contributed by atoms with Crippen molar-refractivity contribution in [3.05, 3.63) is 39.4 Å². The van der Waals surface area contributed by atoms with Crippen LogP contribution in [-0.2, 0) is 6.42 Å². The average Bonchev–Trinajstić information content (AvgIpc) is 3.12. The Balaban J connectivity index is 1.87. The molecule has 4 rings (SSSR count). The number of halogens is 1. The van der Waals surface area contributed by atoms with E-state index in [0.717, 1.165) is 44.6 Å². The Labute approximate surface area is 163 Å². The monoisotopic (exact) mass is 387 g/mol. The van der Waals surface area contributed by atoms with Crippen molar-refractivity contribution in [3.8, 4) is 0 Å². The third-order valence-corrected chi connectivity index (χ3v) is 6.14. The molecule has 2 aliphatic rings. The summed E-state index contributed by atoms with van der Waals surface area (Å²) in [6, 6.07) is 1.31. The number of hydrogen-bond donors (Lipinski definition) is 2. The number of rotatable bonds is 5. The van der Waals surface area contributed by atoms with Crippen molar-refractivity contribution >= 4 is 22.6 Å². The van der Waals surface area contributed by atoms with Crippen LogP contribution < -0.4 is 15.6 Å². The molecule has 1 aromatic heterocycles. The second kappa shape index (κ2) is 7.20.